The summed E-state index contributed by atoms with van der Waals surface area (Å²) in [5.41, 5.74) is 14.1. The molecule has 0 radical (unpaired) electrons. The molecule has 4 rings (SSSR count). The molecule has 1 aliphatic heterocycles. The minimum Gasteiger partial charge on any atom is -0.397 e. The van der Waals surface area contributed by atoms with Gasteiger partial charge in [-0.3, -0.25) is 9.78 Å². The number of hydrogen-bond donors (Lipinski definition) is 3. The number of aromatic nitrogens is 2. The number of halogens is 2. The molecule has 2 aromatic heterocycles. The summed E-state index contributed by atoms with van der Waals surface area (Å²) in [7, 11) is 0. The lowest BCUT2D eigenvalue weighted by Crippen LogP contribution is -2.26. The highest BCUT2D eigenvalue weighted by Crippen LogP contribution is 2.45. The zero-order valence-corrected chi connectivity index (χ0v) is 14.2. The molecular formula is C16H11F2N5O3S. The lowest BCUT2D eigenvalue weighted by Gasteiger charge is -2.11. The fraction of sp³-hybridized carbons (Fsp3) is 0.0625. The number of carbonyl (C=O) groups excluding carboxylic acids is 1. The molecule has 1 aromatic carbocycles. The molecule has 0 aliphatic carbocycles. The summed E-state index contributed by atoms with van der Waals surface area (Å²) in [6.07, 6.45) is -1.24. The topological polar surface area (TPSA) is 125 Å². The first-order valence-electron chi connectivity index (χ1n) is 7.48. The van der Waals surface area contributed by atoms with Gasteiger partial charge in [0.2, 0.25) is 0 Å². The Morgan fingerprint density at radius 3 is 2.78 bits per heavy atom. The van der Waals surface area contributed by atoms with Crippen molar-refractivity contribution in [2.75, 3.05) is 16.8 Å². The Labute approximate surface area is 154 Å². The lowest BCUT2D eigenvalue weighted by molar-refractivity contribution is -0.286. The van der Waals surface area contributed by atoms with Crippen LogP contribution >= 0.6 is 11.3 Å². The van der Waals surface area contributed by atoms with Crippen molar-refractivity contribution in [3.63, 3.8) is 0 Å². The van der Waals surface area contributed by atoms with E-state index in [1.165, 1.54) is 11.3 Å². The van der Waals surface area contributed by atoms with Crippen LogP contribution in [0.15, 0.2) is 36.1 Å². The van der Waals surface area contributed by atoms with Crippen molar-refractivity contribution < 1.29 is 23.0 Å². The average molecular weight is 391 g/mol. The zero-order valence-electron chi connectivity index (χ0n) is 13.4. The highest BCUT2D eigenvalue weighted by Gasteiger charge is 2.45. The second-order valence-electron chi connectivity index (χ2n) is 5.50. The van der Waals surface area contributed by atoms with Crippen LogP contribution in [0.1, 0.15) is 10.5 Å². The molecule has 0 unspecified atom stereocenters. The molecule has 1 aliphatic rings. The molecule has 1 amide bonds. The number of anilines is 3. The van der Waals surface area contributed by atoms with E-state index in [0.717, 1.165) is 16.6 Å². The van der Waals surface area contributed by atoms with Crippen LogP contribution < -0.4 is 26.3 Å². The Morgan fingerprint density at radius 2 is 2.04 bits per heavy atom. The van der Waals surface area contributed by atoms with Gasteiger partial charge in [-0.2, -0.15) is 0 Å². The van der Waals surface area contributed by atoms with Gasteiger partial charge in [0.15, 0.2) is 17.2 Å². The fourth-order valence-electron chi connectivity index (χ4n) is 2.48. The second kappa shape index (κ2) is 6.06. The monoisotopic (exact) mass is 391 g/mol. The Hall–Kier alpha value is -3.47. The van der Waals surface area contributed by atoms with Crippen molar-refractivity contribution in [2.24, 2.45) is 0 Å². The Kier molecular flexibility index (Phi) is 3.81. The molecule has 0 atom stereocenters. The largest absolute Gasteiger partial charge is 0.586 e. The van der Waals surface area contributed by atoms with E-state index in [9.17, 15) is 13.6 Å². The maximum absolute atomic E-state index is 13.2. The lowest BCUT2D eigenvalue weighted by atomic mass is 10.1. The van der Waals surface area contributed by atoms with E-state index in [0.29, 0.717) is 11.4 Å². The number of nitrogens with zero attached hydrogens (tertiary/aromatic N) is 2. The predicted octanol–water partition coefficient (Wildman–Crippen LogP) is 2.94. The molecule has 8 nitrogen and oxygen atoms in total. The summed E-state index contributed by atoms with van der Waals surface area (Å²) in [4.78, 5) is 21.2. The number of pyridine rings is 1. The van der Waals surface area contributed by atoms with Crippen LogP contribution in [0.25, 0.3) is 10.4 Å². The third-order valence-corrected chi connectivity index (χ3v) is 4.54. The molecule has 3 heterocycles. The van der Waals surface area contributed by atoms with Crippen molar-refractivity contribution in [1.29, 1.82) is 0 Å². The Balaban J connectivity index is 1.63. The number of nitrogens with one attached hydrogen (secondary N) is 1. The standard InChI is InChI=1S/C16H11F2N5O3S/c17-16(18)25-10-4-22-13(12(20)14(10)26-16)15(24)23-9-3-7(1-2-8(9)19)11-5-21-6-27-11/h1-6H,19-20H2,(H,23,24). The van der Waals surface area contributed by atoms with Gasteiger partial charge in [0.1, 0.15) is 5.69 Å². The SMILES string of the molecule is Nc1ccc(-c2cncs2)cc1NC(=O)c1ncc2c(c1N)OC(F)(F)O2. The van der Waals surface area contributed by atoms with Gasteiger partial charge in [0.05, 0.1) is 28.0 Å². The molecule has 0 spiro atoms. The first-order valence-corrected chi connectivity index (χ1v) is 8.36. The van der Waals surface area contributed by atoms with Gasteiger partial charge in [-0.05, 0) is 17.7 Å². The van der Waals surface area contributed by atoms with Gasteiger partial charge in [0, 0.05) is 6.20 Å². The third kappa shape index (κ3) is 3.08. The molecule has 11 heteroatoms. The van der Waals surface area contributed by atoms with Crippen LogP contribution in [0.4, 0.5) is 25.8 Å². The van der Waals surface area contributed by atoms with Crippen molar-refractivity contribution in [3.05, 3.63) is 41.8 Å². The second-order valence-corrected chi connectivity index (χ2v) is 6.39. The molecule has 5 N–H and O–H groups in total. The third-order valence-electron chi connectivity index (χ3n) is 3.72. The van der Waals surface area contributed by atoms with E-state index < -0.39 is 18.0 Å². The number of fused-ring (bicyclic) bond motifs is 1. The number of nitrogen functional groups attached to an aromatic ring is 2. The average Bonchev–Trinajstić information content (AvgIpc) is 3.24. The number of nitrogens with two attached hydrogens (primary N) is 2. The van der Waals surface area contributed by atoms with Crippen molar-refractivity contribution in [2.45, 2.75) is 6.29 Å². The van der Waals surface area contributed by atoms with Gasteiger partial charge in [-0.25, -0.2) is 4.98 Å². The van der Waals surface area contributed by atoms with Crippen LogP contribution in [-0.4, -0.2) is 22.2 Å². The molecule has 0 saturated carbocycles. The van der Waals surface area contributed by atoms with Crippen LogP contribution in [0.3, 0.4) is 0 Å². The number of ether oxygens (including phenoxy) is 2. The van der Waals surface area contributed by atoms with Crippen molar-refractivity contribution in [3.8, 4) is 21.9 Å². The van der Waals surface area contributed by atoms with E-state index in [1.807, 2.05) is 0 Å². The number of rotatable bonds is 3. The molecule has 3 aromatic rings. The smallest absolute Gasteiger partial charge is 0.397 e. The first-order chi connectivity index (χ1) is 12.8. The van der Waals surface area contributed by atoms with Gasteiger partial charge in [0.25, 0.3) is 5.91 Å². The highest BCUT2D eigenvalue weighted by molar-refractivity contribution is 7.13. The first kappa shape index (κ1) is 17.0. The van der Waals surface area contributed by atoms with Gasteiger partial charge in [-0.1, -0.05) is 6.07 Å². The molecular weight excluding hydrogens is 380 g/mol. The summed E-state index contributed by atoms with van der Waals surface area (Å²) in [6, 6.07) is 5.08. The molecule has 27 heavy (non-hydrogen) atoms. The van der Waals surface area contributed by atoms with Gasteiger partial charge < -0.3 is 26.3 Å². The zero-order chi connectivity index (χ0) is 19.2. The Morgan fingerprint density at radius 1 is 1.22 bits per heavy atom. The summed E-state index contributed by atoms with van der Waals surface area (Å²) < 4.78 is 34.9. The normalized spacial score (nSPS) is 14.1. The van der Waals surface area contributed by atoms with Crippen molar-refractivity contribution in [1.82, 2.24) is 9.97 Å². The maximum atomic E-state index is 13.2. The molecule has 138 valence electrons. The minimum absolute atomic E-state index is 0.294. The number of hydrogen-bond acceptors (Lipinski definition) is 8. The van der Waals surface area contributed by atoms with E-state index in [-0.39, 0.29) is 17.1 Å². The summed E-state index contributed by atoms with van der Waals surface area (Å²) in [5.74, 6) is -1.52. The van der Waals surface area contributed by atoms with E-state index >= 15 is 0 Å². The van der Waals surface area contributed by atoms with E-state index in [4.69, 9.17) is 11.5 Å². The highest BCUT2D eigenvalue weighted by atomic mass is 32.1. The number of benzene rings is 1. The van der Waals surface area contributed by atoms with Crippen LogP contribution in [0, 0.1) is 0 Å². The Bertz CT molecular complexity index is 1040. The maximum Gasteiger partial charge on any atom is 0.586 e. The summed E-state index contributed by atoms with van der Waals surface area (Å²) in [6.45, 7) is 0. The van der Waals surface area contributed by atoms with Crippen LogP contribution in [0.2, 0.25) is 0 Å². The predicted molar refractivity (Wildman–Crippen MR) is 94.8 cm³/mol. The number of carbonyl (C=O) groups is 1. The van der Waals surface area contributed by atoms with E-state index in [1.54, 1.807) is 29.9 Å². The number of thiazole rings is 1. The van der Waals surface area contributed by atoms with Crippen LogP contribution in [0.5, 0.6) is 11.5 Å². The summed E-state index contributed by atoms with van der Waals surface area (Å²) in [5, 5.41) is 2.58. The number of alkyl halides is 2. The molecule has 0 fully saturated rings. The quantitative estimate of drug-likeness (QED) is 0.586. The summed E-state index contributed by atoms with van der Waals surface area (Å²) >= 11 is 1.42. The minimum atomic E-state index is -3.86. The molecule has 0 saturated heterocycles. The fourth-order valence-corrected chi connectivity index (χ4v) is 3.10. The van der Waals surface area contributed by atoms with Gasteiger partial charge in [-0.15, -0.1) is 20.1 Å². The number of amides is 1. The molecule has 0 bridgehead atoms. The van der Waals surface area contributed by atoms with Crippen molar-refractivity contribution >= 4 is 34.3 Å². The van der Waals surface area contributed by atoms with Gasteiger partial charge >= 0.3 is 6.29 Å². The van der Waals surface area contributed by atoms with E-state index in [2.05, 4.69) is 24.8 Å². The van der Waals surface area contributed by atoms with Crippen LogP contribution in [-0.2, 0) is 0 Å².